The summed E-state index contributed by atoms with van der Waals surface area (Å²) in [5, 5.41) is 0. The zero-order valence-corrected chi connectivity index (χ0v) is 25.0. The summed E-state index contributed by atoms with van der Waals surface area (Å²) in [5.41, 5.74) is 0. The van der Waals surface area contributed by atoms with Gasteiger partial charge in [-0.1, -0.05) is 57.8 Å². The predicted octanol–water partition coefficient (Wildman–Crippen LogP) is 8.31. The molecular formula is C21H49NO3S4Si. The molecule has 0 unspecified atom stereocenters. The third-order valence-electron chi connectivity index (χ3n) is 3.95. The van der Waals surface area contributed by atoms with E-state index in [1.54, 1.807) is 29.9 Å². The van der Waals surface area contributed by atoms with E-state index in [0.29, 0.717) is 19.8 Å². The van der Waals surface area contributed by atoms with Crippen molar-refractivity contribution in [2.24, 2.45) is 0 Å². The summed E-state index contributed by atoms with van der Waals surface area (Å²) in [6, 6.07) is 0. The number of nitrogens with zero attached hydrogens (tertiary/aromatic N) is 1. The fourth-order valence-electron chi connectivity index (χ4n) is 2.40. The minimum atomic E-state index is -2.51. The van der Waals surface area contributed by atoms with Crippen LogP contribution in [-0.4, -0.2) is 58.1 Å². The standard InChI is InChI=1S/C12H27N.C9H22O3S4Si/c1-4-7-10-13(11-8-5-2)12-9-6-3;1-5-9-13-14-15-16-17(10-6-2,11-7-3)12-8-4/h4-12H2,1-3H3;5-9H2,1-4H3. The van der Waals surface area contributed by atoms with Gasteiger partial charge in [0.1, 0.15) is 0 Å². The topological polar surface area (TPSA) is 30.9 Å². The van der Waals surface area contributed by atoms with E-state index in [2.05, 4.69) is 32.6 Å². The number of hydrogen-bond acceptors (Lipinski definition) is 8. The van der Waals surface area contributed by atoms with E-state index in [1.807, 2.05) is 31.6 Å². The first-order valence-electron chi connectivity index (χ1n) is 11.9. The minimum Gasteiger partial charge on any atom is -0.365 e. The van der Waals surface area contributed by atoms with Gasteiger partial charge in [-0.3, -0.25) is 0 Å². The minimum absolute atomic E-state index is 0.631. The lowest BCUT2D eigenvalue weighted by atomic mass is 10.2. The summed E-state index contributed by atoms with van der Waals surface area (Å²) >= 11 is 0. The summed E-state index contributed by atoms with van der Waals surface area (Å²) in [5.74, 6) is 1.17. The molecule has 0 saturated carbocycles. The number of unbranched alkanes of at least 4 members (excludes halogenated alkanes) is 3. The van der Waals surface area contributed by atoms with Crippen LogP contribution in [0.15, 0.2) is 0 Å². The highest BCUT2D eigenvalue weighted by molar-refractivity contribution is 9.28. The maximum absolute atomic E-state index is 5.73. The van der Waals surface area contributed by atoms with Crippen LogP contribution in [0.4, 0.5) is 0 Å². The molecule has 0 atom stereocenters. The molecule has 0 aliphatic heterocycles. The van der Waals surface area contributed by atoms with Crippen LogP contribution in [0.25, 0.3) is 0 Å². The predicted molar refractivity (Wildman–Crippen MR) is 147 cm³/mol. The molecule has 0 saturated heterocycles. The quantitative estimate of drug-likeness (QED) is 0.0850. The molecule has 0 aromatic heterocycles. The summed E-state index contributed by atoms with van der Waals surface area (Å²) in [6.45, 7) is 20.8. The molecular weight excluding hydrogens is 471 g/mol. The zero-order chi connectivity index (χ0) is 22.9. The molecule has 0 rings (SSSR count). The summed E-state index contributed by atoms with van der Waals surface area (Å²) in [6.07, 6.45) is 9.29. The van der Waals surface area contributed by atoms with Crippen molar-refractivity contribution < 1.29 is 13.3 Å². The second kappa shape index (κ2) is 26.7. The van der Waals surface area contributed by atoms with Crippen LogP contribution in [0.3, 0.4) is 0 Å². The molecule has 0 radical (unpaired) electrons. The fraction of sp³-hybridized carbons (Fsp3) is 1.00. The first kappa shape index (κ1) is 33.6. The van der Waals surface area contributed by atoms with Crippen LogP contribution in [0.5, 0.6) is 0 Å². The van der Waals surface area contributed by atoms with E-state index in [9.17, 15) is 0 Å². The lowest BCUT2D eigenvalue weighted by Crippen LogP contribution is -2.42. The lowest BCUT2D eigenvalue weighted by molar-refractivity contribution is 0.0971. The molecule has 0 aliphatic carbocycles. The van der Waals surface area contributed by atoms with Gasteiger partial charge in [0, 0.05) is 25.6 Å². The second-order valence-electron chi connectivity index (χ2n) is 6.74. The van der Waals surface area contributed by atoms with Gasteiger partial charge >= 0.3 is 7.95 Å². The number of rotatable bonds is 21. The fourth-order valence-corrected chi connectivity index (χ4v) is 16.5. The summed E-state index contributed by atoms with van der Waals surface area (Å²) < 4.78 is 17.2. The maximum Gasteiger partial charge on any atom is 0.585 e. The van der Waals surface area contributed by atoms with Gasteiger partial charge in [-0.05, 0) is 96.0 Å². The average molecular weight is 520 g/mol. The van der Waals surface area contributed by atoms with Crippen LogP contribution in [0.1, 0.15) is 93.4 Å². The highest BCUT2D eigenvalue weighted by Crippen LogP contribution is 2.48. The molecule has 0 bridgehead atoms. The molecule has 184 valence electrons. The van der Waals surface area contributed by atoms with E-state index in [0.717, 1.165) is 0 Å². The second-order valence-corrected chi connectivity index (χ2v) is 17.2. The Hall–Kier alpha value is 1.46. The van der Waals surface area contributed by atoms with Crippen molar-refractivity contribution in [3.05, 3.63) is 0 Å². The van der Waals surface area contributed by atoms with Gasteiger partial charge in [-0.25, -0.2) is 0 Å². The zero-order valence-electron chi connectivity index (χ0n) is 20.7. The normalized spacial score (nSPS) is 11.6. The van der Waals surface area contributed by atoms with Crippen LogP contribution in [0, 0.1) is 0 Å². The Bertz CT molecular complexity index is 299. The molecule has 30 heavy (non-hydrogen) atoms. The Morgan fingerprint density at radius 3 is 1.37 bits per heavy atom. The van der Waals surface area contributed by atoms with Gasteiger partial charge in [0.2, 0.25) is 0 Å². The first-order valence-corrected chi connectivity index (χ1v) is 19.3. The van der Waals surface area contributed by atoms with Crippen LogP contribution >= 0.6 is 40.7 Å². The maximum atomic E-state index is 5.73. The van der Waals surface area contributed by atoms with Crippen molar-refractivity contribution in [1.29, 1.82) is 0 Å². The Morgan fingerprint density at radius 2 is 1.03 bits per heavy atom. The largest absolute Gasteiger partial charge is 0.585 e. The van der Waals surface area contributed by atoms with Crippen LogP contribution in [-0.2, 0) is 13.3 Å². The molecule has 0 spiro atoms. The highest BCUT2D eigenvalue weighted by Gasteiger charge is 2.43. The molecule has 0 amide bonds. The van der Waals surface area contributed by atoms with Crippen LogP contribution < -0.4 is 0 Å². The van der Waals surface area contributed by atoms with E-state index in [1.165, 1.54) is 70.3 Å². The van der Waals surface area contributed by atoms with Gasteiger partial charge in [0.05, 0.1) is 0 Å². The van der Waals surface area contributed by atoms with Crippen LogP contribution in [0.2, 0.25) is 0 Å². The molecule has 0 aromatic rings. The summed E-state index contributed by atoms with van der Waals surface area (Å²) in [4.78, 5) is 2.64. The van der Waals surface area contributed by atoms with Gasteiger partial charge in [0.15, 0.2) is 0 Å². The molecule has 4 nitrogen and oxygen atoms in total. The van der Waals surface area contributed by atoms with Gasteiger partial charge < -0.3 is 18.2 Å². The van der Waals surface area contributed by atoms with E-state index in [-0.39, 0.29) is 0 Å². The molecule has 0 aromatic carbocycles. The van der Waals surface area contributed by atoms with Crippen molar-refractivity contribution in [2.75, 3.05) is 45.2 Å². The monoisotopic (exact) mass is 519 g/mol. The van der Waals surface area contributed by atoms with E-state index < -0.39 is 7.95 Å². The molecule has 0 aliphatic rings. The summed E-state index contributed by atoms with van der Waals surface area (Å²) in [7, 11) is 4.45. The Labute approximate surface area is 204 Å². The third kappa shape index (κ3) is 21.3. The van der Waals surface area contributed by atoms with Gasteiger partial charge in [0.25, 0.3) is 0 Å². The Balaban J connectivity index is 0. The Morgan fingerprint density at radius 1 is 0.600 bits per heavy atom. The Kier molecular flexibility index (Phi) is 29.9. The molecule has 0 fully saturated rings. The van der Waals surface area contributed by atoms with Crippen molar-refractivity contribution in [3.63, 3.8) is 0 Å². The van der Waals surface area contributed by atoms with Crippen molar-refractivity contribution >= 4 is 48.6 Å². The SMILES string of the molecule is CCCCN(CCCC)CCCC.CCCSSSS[Si](OCC)(OCC)OCC. The van der Waals surface area contributed by atoms with Crippen molar-refractivity contribution in [3.8, 4) is 0 Å². The average Bonchev–Trinajstić information content (AvgIpc) is 2.74. The molecule has 0 N–H and O–H groups in total. The third-order valence-corrected chi connectivity index (χ3v) is 16.9. The molecule has 9 heteroatoms. The van der Waals surface area contributed by atoms with E-state index >= 15 is 0 Å². The van der Waals surface area contributed by atoms with Gasteiger partial charge in [-0.2, -0.15) is 0 Å². The number of hydrogen-bond donors (Lipinski definition) is 0. The lowest BCUT2D eigenvalue weighted by Gasteiger charge is -2.25. The van der Waals surface area contributed by atoms with Gasteiger partial charge in [-0.15, -0.1) is 0 Å². The van der Waals surface area contributed by atoms with Crippen molar-refractivity contribution in [2.45, 2.75) is 93.4 Å². The van der Waals surface area contributed by atoms with E-state index in [4.69, 9.17) is 13.3 Å². The van der Waals surface area contributed by atoms with Crippen molar-refractivity contribution in [1.82, 2.24) is 4.90 Å². The highest BCUT2D eigenvalue weighted by atomic mass is 33.7. The smallest absolute Gasteiger partial charge is 0.365 e. The molecule has 0 heterocycles. The first-order chi connectivity index (χ1) is 14.6.